The average Bonchev–Trinajstić information content (AvgIpc) is 2.51. The molecule has 2 aliphatic rings. The van der Waals surface area contributed by atoms with Gasteiger partial charge in [-0.05, 0) is 55.7 Å². The summed E-state index contributed by atoms with van der Waals surface area (Å²) in [5, 5.41) is 0. The first-order valence-corrected chi connectivity index (χ1v) is 8.94. The van der Waals surface area contributed by atoms with Gasteiger partial charge in [-0.3, -0.25) is 4.79 Å². The second-order valence-electron chi connectivity index (χ2n) is 6.82. The van der Waals surface area contributed by atoms with Crippen LogP contribution in [0, 0.1) is 12.3 Å². The molecule has 1 heterocycles. The second-order valence-corrected chi connectivity index (χ2v) is 7.67. The number of amides is 1. The van der Waals surface area contributed by atoms with Gasteiger partial charge in [0.15, 0.2) is 0 Å². The monoisotopic (exact) mass is 349 g/mol. The highest BCUT2D eigenvalue weighted by atomic mass is 79.9. The van der Waals surface area contributed by atoms with Crippen LogP contribution in [-0.4, -0.2) is 23.9 Å². The third-order valence-corrected chi connectivity index (χ3v) is 6.30. The lowest BCUT2D eigenvalue weighted by atomic mass is 9.68. The lowest BCUT2D eigenvalue weighted by Crippen LogP contribution is -2.43. The SMILES string of the molecule is Cc1ccc(C(=O)N2CCC3(CCCCC3)CC2)cc1Br. The first-order valence-electron chi connectivity index (χ1n) is 8.15. The van der Waals surface area contributed by atoms with E-state index >= 15 is 0 Å². The number of hydrogen-bond acceptors (Lipinski definition) is 1. The molecule has 3 rings (SSSR count). The minimum Gasteiger partial charge on any atom is -0.339 e. The molecular formula is C18H24BrNO. The Bertz CT molecular complexity index is 524. The van der Waals surface area contributed by atoms with Crippen LogP contribution < -0.4 is 0 Å². The Labute approximate surface area is 136 Å². The Kier molecular flexibility index (Phi) is 4.39. The zero-order valence-electron chi connectivity index (χ0n) is 12.8. The van der Waals surface area contributed by atoms with E-state index in [2.05, 4.69) is 20.8 Å². The van der Waals surface area contributed by atoms with Crippen LogP contribution >= 0.6 is 15.9 Å². The maximum atomic E-state index is 12.6. The Balaban J connectivity index is 1.65. The quantitative estimate of drug-likeness (QED) is 0.702. The highest BCUT2D eigenvalue weighted by Crippen LogP contribution is 2.44. The van der Waals surface area contributed by atoms with Gasteiger partial charge in [0.1, 0.15) is 0 Å². The molecule has 3 heteroatoms. The summed E-state index contributed by atoms with van der Waals surface area (Å²) in [6.45, 7) is 3.92. The van der Waals surface area contributed by atoms with Gasteiger partial charge in [0.25, 0.3) is 5.91 Å². The van der Waals surface area contributed by atoms with E-state index in [1.54, 1.807) is 0 Å². The fraction of sp³-hybridized carbons (Fsp3) is 0.611. The summed E-state index contributed by atoms with van der Waals surface area (Å²) in [7, 11) is 0. The summed E-state index contributed by atoms with van der Waals surface area (Å²) in [6.07, 6.45) is 9.34. The average molecular weight is 350 g/mol. The number of benzene rings is 1. The number of halogens is 1. The van der Waals surface area contributed by atoms with Crippen LogP contribution in [0.1, 0.15) is 60.9 Å². The number of carbonyl (C=O) groups is 1. The Morgan fingerprint density at radius 1 is 1.10 bits per heavy atom. The fourth-order valence-corrected chi connectivity index (χ4v) is 4.27. The van der Waals surface area contributed by atoms with Crippen LogP contribution in [-0.2, 0) is 0 Å². The van der Waals surface area contributed by atoms with E-state index in [1.807, 2.05) is 25.1 Å². The van der Waals surface area contributed by atoms with Gasteiger partial charge in [-0.2, -0.15) is 0 Å². The molecule has 0 atom stereocenters. The highest BCUT2D eigenvalue weighted by Gasteiger charge is 2.36. The molecule has 2 fully saturated rings. The third-order valence-electron chi connectivity index (χ3n) is 5.44. The van der Waals surface area contributed by atoms with Crippen molar-refractivity contribution >= 4 is 21.8 Å². The first-order chi connectivity index (χ1) is 10.1. The van der Waals surface area contributed by atoms with Gasteiger partial charge in [0, 0.05) is 23.1 Å². The third kappa shape index (κ3) is 3.18. The van der Waals surface area contributed by atoms with Crippen molar-refractivity contribution in [3.8, 4) is 0 Å². The second kappa shape index (κ2) is 6.12. The van der Waals surface area contributed by atoms with E-state index in [-0.39, 0.29) is 5.91 Å². The number of likely N-dealkylation sites (tertiary alicyclic amines) is 1. The van der Waals surface area contributed by atoms with Crippen LogP contribution in [0.2, 0.25) is 0 Å². The van der Waals surface area contributed by atoms with Crippen LogP contribution in [0.25, 0.3) is 0 Å². The van der Waals surface area contributed by atoms with Crippen LogP contribution in [0.4, 0.5) is 0 Å². The Morgan fingerprint density at radius 3 is 2.38 bits per heavy atom. The Morgan fingerprint density at radius 2 is 1.76 bits per heavy atom. The van der Waals surface area contributed by atoms with E-state index in [9.17, 15) is 4.79 Å². The van der Waals surface area contributed by atoms with E-state index in [0.29, 0.717) is 5.41 Å². The zero-order chi connectivity index (χ0) is 14.9. The fourth-order valence-electron chi connectivity index (χ4n) is 3.89. The zero-order valence-corrected chi connectivity index (χ0v) is 14.4. The maximum absolute atomic E-state index is 12.6. The molecule has 1 saturated carbocycles. The standard InChI is InChI=1S/C18H24BrNO/c1-14-5-6-15(13-16(14)19)17(21)20-11-9-18(10-12-20)7-3-2-4-8-18/h5-6,13H,2-4,7-12H2,1H3. The van der Waals surface area contributed by atoms with Gasteiger partial charge >= 0.3 is 0 Å². The molecular weight excluding hydrogens is 326 g/mol. The summed E-state index contributed by atoms with van der Waals surface area (Å²) < 4.78 is 1.02. The number of carbonyl (C=O) groups excluding carboxylic acids is 1. The number of aryl methyl sites for hydroxylation is 1. The van der Waals surface area contributed by atoms with E-state index in [4.69, 9.17) is 0 Å². The number of piperidine rings is 1. The smallest absolute Gasteiger partial charge is 0.253 e. The van der Waals surface area contributed by atoms with Gasteiger partial charge in [0.2, 0.25) is 0 Å². The van der Waals surface area contributed by atoms with E-state index in [1.165, 1.54) is 50.5 Å². The van der Waals surface area contributed by atoms with Gasteiger partial charge < -0.3 is 4.90 Å². The molecule has 0 radical (unpaired) electrons. The summed E-state index contributed by atoms with van der Waals surface area (Å²) in [6, 6.07) is 5.93. The molecule has 1 spiro atoms. The lowest BCUT2D eigenvalue weighted by molar-refractivity contribution is 0.0472. The summed E-state index contributed by atoms with van der Waals surface area (Å²) in [5.74, 6) is 0.196. The van der Waals surface area contributed by atoms with E-state index < -0.39 is 0 Å². The highest BCUT2D eigenvalue weighted by molar-refractivity contribution is 9.10. The van der Waals surface area contributed by atoms with Crippen molar-refractivity contribution in [3.05, 3.63) is 33.8 Å². The minimum absolute atomic E-state index is 0.196. The number of rotatable bonds is 1. The summed E-state index contributed by atoms with van der Waals surface area (Å²) in [5.41, 5.74) is 2.54. The summed E-state index contributed by atoms with van der Waals surface area (Å²) in [4.78, 5) is 14.7. The van der Waals surface area contributed by atoms with Gasteiger partial charge in [-0.15, -0.1) is 0 Å². The molecule has 114 valence electrons. The molecule has 1 aliphatic carbocycles. The Hall–Kier alpha value is -0.830. The minimum atomic E-state index is 0.196. The molecule has 0 unspecified atom stereocenters. The van der Waals surface area contributed by atoms with Crippen LogP contribution in [0.15, 0.2) is 22.7 Å². The topological polar surface area (TPSA) is 20.3 Å². The molecule has 1 aromatic rings. The molecule has 2 nitrogen and oxygen atoms in total. The maximum Gasteiger partial charge on any atom is 0.253 e. The molecule has 1 amide bonds. The molecule has 1 aromatic carbocycles. The summed E-state index contributed by atoms with van der Waals surface area (Å²) >= 11 is 3.53. The van der Waals surface area contributed by atoms with Crippen molar-refractivity contribution in [2.24, 2.45) is 5.41 Å². The predicted molar refractivity (Wildman–Crippen MR) is 89.5 cm³/mol. The number of hydrogen-bond donors (Lipinski definition) is 0. The van der Waals surface area contributed by atoms with Crippen molar-refractivity contribution in [2.75, 3.05) is 13.1 Å². The largest absolute Gasteiger partial charge is 0.339 e. The molecule has 0 N–H and O–H groups in total. The van der Waals surface area contributed by atoms with Crippen molar-refractivity contribution in [2.45, 2.75) is 51.9 Å². The van der Waals surface area contributed by atoms with Crippen molar-refractivity contribution in [1.29, 1.82) is 0 Å². The molecule has 0 aromatic heterocycles. The normalized spacial score (nSPS) is 21.5. The molecule has 21 heavy (non-hydrogen) atoms. The molecule has 1 saturated heterocycles. The lowest BCUT2D eigenvalue weighted by Gasteiger charge is -2.44. The van der Waals surface area contributed by atoms with Crippen molar-refractivity contribution < 1.29 is 4.79 Å². The number of nitrogens with zero attached hydrogens (tertiary/aromatic N) is 1. The van der Waals surface area contributed by atoms with Gasteiger partial charge in [-0.1, -0.05) is 41.3 Å². The van der Waals surface area contributed by atoms with E-state index in [0.717, 1.165) is 23.1 Å². The predicted octanol–water partition coefficient (Wildman–Crippen LogP) is 4.94. The van der Waals surface area contributed by atoms with Crippen molar-refractivity contribution in [1.82, 2.24) is 4.90 Å². The van der Waals surface area contributed by atoms with Crippen molar-refractivity contribution in [3.63, 3.8) is 0 Å². The first kappa shape index (κ1) is 15.1. The molecule has 1 aliphatic heterocycles. The van der Waals surface area contributed by atoms with Gasteiger partial charge in [0.05, 0.1) is 0 Å². The van der Waals surface area contributed by atoms with Gasteiger partial charge in [-0.25, -0.2) is 0 Å². The van der Waals surface area contributed by atoms with Crippen LogP contribution in [0.3, 0.4) is 0 Å². The molecule has 0 bridgehead atoms. The van der Waals surface area contributed by atoms with Crippen LogP contribution in [0.5, 0.6) is 0 Å².